The summed E-state index contributed by atoms with van der Waals surface area (Å²) in [5.41, 5.74) is 6.50. The van der Waals surface area contributed by atoms with Gasteiger partial charge in [-0.15, -0.1) is 0 Å². The highest BCUT2D eigenvalue weighted by atomic mass is 16.7. The highest BCUT2D eigenvalue weighted by Crippen LogP contribution is 2.65. The molecule has 1 heterocycles. The van der Waals surface area contributed by atoms with Gasteiger partial charge in [-0.1, -0.05) is 27.7 Å². The molecule has 0 aromatic carbocycles. The van der Waals surface area contributed by atoms with Crippen molar-refractivity contribution < 1.29 is 9.31 Å². The Kier molecular flexibility index (Phi) is 2.69. The molecule has 0 spiro atoms. The molecule has 2 bridgehead atoms. The molecule has 1 aliphatic heterocycles. The molecule has 3 aliphatic carbocycles. The number of hydrogen-bond donors (Lipinski definition) is 1. The lowest BCUT2D eigenvalue weighted by Gasteiger charge is -2.64. The van der Waals surface area contributed by atoms with E-state index in [9.17, 15) is 0 Å². The van der Waals surface area contributed by atoms with Crippen LogP contribution in [0, 0.1) is 23.2 Å². The fourth-order valence-corrected chi connectivity index (χ4v) is 4.38. The van der Waals surface area contributed by atoms with E-state index in [4.69, 9.17) is 15.0 Å². The van der Waals surface area contributed by atoms with E-state index in [1.165, 1.54) is 6.42 Å². The van der Waals surface area contributed by atoms with Gasteiger partial charge in [0.05, 0.1) is 11.7 Å². The van der Waals surface area contributed by atoms with E-state index in [2.05, 4.69) is 34.6 Å². The fraction of sp³-hybridized carbons (Fsp3) is 1.00. The van der Waals surface area contributed by atoms with Crippen LogP contribution in [0.5, 0.6) is 0 Å². The van der Waals surface area contributed by atoms with Crippen LogP contribution in [-0.2, 0) is 9.31 Å². The second kappa shape index (κ2) is 3.74. The first-order valence-electron chi connectivity index (χ1n) is 7.35. The highest BCUT2D eigenvalue weighted by molar-refractivity contribution is 6.47. The largest absolute Gasteiger partial charge is 0.475 e. The molecule has 4 aliphatic rings. The molecule has 0 amide bonds. The highest BCUT2D eigenvalue weighted by Gasteiger charge is 2.68. The average molecular weight is 251 g/mol. The Morgan fingerprint density at radius 1 is 1.22 bits per heavy atom. The molecule has 4 rings (SSSR count). The molecule has 0 radical (unpaired) electrons. The Bertz CT molecular complexity index is 360. The molecular weight excluding hydrogens is 225 g/mol. The van der Waals surface area contributed by atoms with Gasteiger partial charge in [-0.3, -0.25) is 0 Å². The SMILES string of the molecule is CC(C)[C@@H](N)B1O[C@H]2C[C@H]3C[C@@H](C3(C)C)[C@@]2(C)O1. The van der Waals surface area contributed by atoms with Crippen LogP contribution in [0.3, 0.4) is 0 Å². The van der Waals surface area contributed by atoms with E-state index in [1.54, 1.807) is 0 Å². The number of hydrogen-bond acceptors (Lipinski definition) is 3. The van der Waals surface area contributed by atoms with Gasteiger partial charge in [-0.05, 0) is 42.9 Å². The van der Waals surface area contributed by atoms with Gasteiger partial charge in [-0.25, -0.2) is 0 Å². The predicted octanol–water partition coefficient (Wildman–Crippen LogP) is 2.24. The molecule has 1 saturated heterocycles. The first-order valence-corrected chi connectivity index (χ1v) is 7.35. The van der Waals surface area contributed by atoms with E-state index in [0.717, 1.165) is 12.3 Å². The molecule has 0 aromatic heterocycles. The standard InChI is InChI=1S/C14H26BNO2/c1-8(2)12(16)15-17-11-7-9-6-10(13(9,3)4)14(11,5)18-15/h8-12H,6-7,16H2,1-5H3/t9-,10+,11+,12-,14-/m1/s1. The van der Waals surface area contributed by atoms with Crippen LogP contribution < -0.4 is 5.73 Å². The van der Waals surface area contributed by atoms with Gasteiger partial charge in [0.1, 0.15) is 0 Å². The molecule has 4 heteroatoms. The molecular formula is C14H26BNO2. The number of rotatable bonds is 2. The Labute approximate surface area is 111 Å². The van der Waals surface area contributed by atoms with Crippen molar-refractivity contribution in [3.8, 4) is 0 Å². The molecule has 4 fully saturated rings. The molecule has 3 saturated carbocycles. The second-order valence-electron chi connectivity index (χ2n) is 7.66. The summed E-state index contributed by atoms with van der Waals surface area (Å²) in [6.07, 6.45) is 2.69. The monoisotopic (exact) mass is 251 g/mol. The maximum Gasteiger partial charge on any atom is 0.475 e. The van der Waals surface area contributed by atoms with Gasteiger partial charge in [0.2, 0.25) is 0 Å². The van der Waals surface area contributed by atoms with Crippen LogP contribution in [0.15, 0.2) is 0 Å². The van der Waals surface area contributed by atoms with Gasteiger partial charge in [0.25, 0.3) is 0 Å². The topological polar surface area (TPSA) is 44.5 Å². The van der Waals surface area contributed by atoms with E-state index in [1.807, 2.05) is 0 Å². The normalized spacial score (nSPS) is 46.8. The Balaban J connectivity index is 1.81. The quantitative estimate of drug-likeness (QED) is 0.765. The van der Waals surface area contributed by atoms with Crippen molar-refractivity contribution in [3.63, 3.8) is 0 Å². The molecule has 18 heavy (non-hydrogen) atoms. The summed E-state index contributed by atoms with van der Waals surface area (Å²) in [5, 5.41) is 0. The summed E-state index contributed by atoms with van der Waals surface area (Å²) in [6, 6.07) is 0. The summed E-state index contributed by atoms with van der Waals surface area (Å²) in [4.78, 5) is 0. The van der Waals surface area contributed by atoms with Crippen molar-refractivity contribution in [2.24, 2.45) is 28.9 Å². The summed E-state index contributed by atoms with van der Waals surface area (Å²) >= 11 is 0. The molecule has 2 N–H and O–H groups in total. The van der Waals surface area contributed by atoms with Gasteiger partial charge >= 0.3 is 7.12 Å². The zero-order valence-corrected chi connectivity index (χ0v) is 12.3. The minimum atomic E-state index is -0.213. The maximum absolute atomic E-state index is 6.31. The van der Waals surface area contributed by atoms with Crippen molar-refractivity contribution in [1.29, 1.82) is 0 Å². The second-order valence-corrected chi connectivity index (χ2v) is 7.66. The summed E-state index contributed by atoms with van der Waals surface area (Å²) < 4.78 is 12.5. The maximum atomic E-state index is 6.31. The molecule has 0 aromatic rings. The zero-order valence-electron chi connectivity index (χ0n) is 12.3. The van der Waals surface area contributed by atoms with Crippen molar-refractivity contribution in [2.45, 2.75) is 65.1 Å². The molecule has 3 nitrogen and oxygen atoms in total. The smallest absolute Gasteiger partial charge is 0.404 e. The summed E-state index contributed by atoms with van der Waals surface area (Å²) in [5.74, 6) is 1.80. The first kappa shape index (κ1) is 13.0. The minimum absolute atomic E-state index is 0.0206. The number of nitrogens with two attached hydrogens (primary N) is 1. The van der Waals surface area contributed by atoms with Crippen LogP contribution in [0.25, 0.3) is 0 Å². The van der Waals surface area contributed by atoms with E-state index < -0.39 is 0 Å². The van der Waals surface area contributed by atoms with E-state index in [-0.39, 0.29) is 24.8 Å². The van der Waals surface area contributed by atoms with Gasteiger partial charge in [0, 0.05) is 5.94 Å². The van der Waals surface area contributed by atoms with Gasteiger partial charge in [-0.2, -0.15) is 0 Å². The lowest BCUT2D eigenvalue weighted by Crippen LogP contribution is -2.65. The zero-order chi connectivity index (χ0) is 13.3. The lowest BCUT2D eigenvalue weighted by atomic mass is 9.43. The predicted molar refractivity (Wildman–Crippen MR) is 72.9 cm³/mol. The van der Waals surface area contributed by atoms with Gasteiger partial charge < -0.3 is 15.0 Å². The lowest BCUT2D eigenvalue weighted by molar-refractivity contribution is -0.199. The van der Waals surface area contributed by atoms with Crippen molar-refractivity contribution in [1.82, 2.24) is 0 Å². The van der Waals surface area contributed by atoms with Crippen LogP contribution in [-0.4, -0.2) is 24.8 Å². The van der Waals surface area contributed by atoms with Crippen LogP contribution >= 0.6 is 0 Å². The Morgan fingerprint density at radius 3 is 2.44 bits per heavy atom. The van der Waals surface area contributed by atoms with Crippen molar-refractivity contribution in [2.75, 3.05) is 0 Å². The van der Waals surface area contributed by atoms with E-state index in [0.29, 0.717) is 17.3 Å². The summed E-state index contributed by atoms with van der Waals surface area (Å²) in [7, 11) is -0.213. The van der Waals surface area contributed by atoms with Crippen LogP contribution in [0.2, 0.25) is 0 Å². The molecule has 102 valence electrons. The molecule has 0 unspecified atom stereocenters. The molecule has 5 atom stereocenters. The van der Waals surface area contributed by atoms with Crippen LogP contribution in [0.4, 0.5) is 0 Å². The third-order valence-electron chi connectivity index (χ3n) is 6.05. The Morgan fingerprint density at radius 2 is 1.89 bits per heavy atom. The van der Waals surface area contributed by atoms with Crippen molar-refractivity contribution in [3.05, 3.63) is 0 Å². The average Bonchev–Trinajstić information content (AvgIpc) is 2.63. The van der Waals surface area contributed by atoms with Gasteiger partial charge in [0.15, 0.2) is 0 Å². The fourth-order valence-electron chi connectivity index (χ4n) is 4.38. The third kappa shape index (κ3) is 1.49. The Hall–Kier alpha value is -0.0551. The van der Waals surface area contributed by atoms with Crippen molar-refractivity contribution >= 4 is 7.12 Å². The van der Waals surface area contributed by atoms with Crippen LogP contribution in [0.1, 0.15) is 47.5 Å². The summed E-state index contributed by atoms with van der Waals surface area (Å²) in [6.45, 7) is 11.3. The van der Waals surface area contributed by atoms with E-state index >= 15 is 0 Å². The third-order valence-corrected chi connectivity index (χ3v) is 6.05. The first-order chi connectivity index (χ1) is 8.26. The minimum Gasteiger partial charge on any atom is -0.404 e.